The molecule has 0 aliphatic carbocycles. The topological polar surface area (TPSA) is 49.3 Å². The number of aliphatic carboxylic acids is 1. The van der Waals surface area contributed by atoms with Crippen LogP contribution in [-0.4, -0.2) is 23.7 Å². The summed E-state index contributed by atoms with van der Waals surface area (Å²) in [7, 11) is 0. The molecule has 0 saturated carbocycles. The van der Waals surface area contributed by atoms with Crippen LogP contribution in [0.2, 0.25) is 0 Å². The van der Waals surface area contributed by atoms with E-state index in [0.717, 1.165) is 12.1 Å². The van der Waals surface area contributed by atoms with Crippen LogP contribution in [0.3, 0.4) is 0 Å². The van der Waals surface area contributed by atoms with Gasteiger partial charge in [-0.3, -0.25) is 4.79 Å². The van der Waals surface area contributed by atoms with Crippen LogP contribution in [0.4, 0.5) is 4.39 Å². The predicted molar refractivity (Wildman–Crippen MR) is 59.8 cm³/mol. The Balaban J connectivity index is 2.59. The normalized spacial score (nSPS) is 12.4. The van der Waals surface area contributed by atoms with Gasteiger partial charge < -0.3 is 10.4 Å². The summed E-state index contributed by atoms with van der Waals surface area (Å²) in [4.78, 5) is 10.6. The summed E-state index contributed by atoms with van der Waals surface area (Å²) in [6.07, 6.45) is 0.672. The van der Waals surface area contributed by atoms with Gasteiger partial charge in [0, 0.05) is 6.04 Å². The second-order valence-electron chi connectivity index (χ2n) is 3.68. The Labute approximate surface area is 94.3 Å². The molecule has 0 bridgehead atoms. The van der Waals surface area contributed by atoms with Gasteiger partial charge in [-0.25, -0.2) is 4.39 Å². The number of carboxylic acids is 1. The molecule has 0 aliphatic rings. The molecule has 0 heterocycles. The first-order valence-electron chi connectivity index (χ1n) is 5.31. The summed E-state index contributed by atoms with van der Waals surface area (Å²) >= 11 is 0. The fourth-order valence-corrected chi connectivity index (χ4v) is 1.62. The molecule has 3 nitrogen and oxygen atoms in total. The Morgan fingerprint density at radius 3 is 2.56 bits per heavy atom. The van der Waals surface area contributed by atoms with Crippen molar-refractivity contribution in [2.75, 3.05) is 6.54 Å². The van der Waals surface area contributed by atoms with Gasteiger partial charge in [0.2, 0.25) is 0 Å². The molecule has 2 N–H and O–H groups in total. The Morgan fingerprint density at radius 1 is 1.44 bits per heavy atom. The van der Waals surface area contributed by atoms with E-state index < -0.39 is 5.97 Å². The largest absolute Gasteiger partial charge is 0.481 e. The van der Waals surface area contributed by atoms with Gasteiger partial charge in [-0.1, -0.05) is 19.1 Å². The van der Waals surface area contributed by atoms with Crippen LogP contribution in [0.5, 0.6) is 0 Å². The highest BCUT2D eigenvalue weighted by Gasteiger charge is 2.12. The van der Waals surface area contributed by atoms with Crippen LogP contribution >= 0.6 is 0 Å². The lowest BCUT2D eigenvalue weighted by Crippen LogP contribution is -2.33. The van der Waals surface area contributed by atoms with E-state index in [0.29, 0.717) is 6.42 Å². The Bertz CT molecular complexity index is 337. The average Bonchev–Trinajstić information content (AvgIpc) is 2.21. The first kappa shape index (κ1) is 12.6. The van der Waals surface area contributed by atoms with Crippen LogP contribution in [0, 0.1) is 5.82 Å². The van der Waals surface area contributed by atoms with Crippen molar-refractivity contribution in [1.82, 2.24) is 5.32 Å². The molecule has 1 aromatic rings. The lowest BCUT2D eigenvalue weighted by Gasteiger charge is -2.15. The minimum Gasteiger partial charge on any atom is -0.481 e. The van der Waals surface area contributed by atoms with E-state index in [-0.39, 0.29) is 18.3 Å². The van der Waals surface area contributed by atoms with E-state index >= 15 is 0 Å². The number of nitrogens with one attached hydrogen (secondary N) is 1. The van der Waals surface area contributed by atoms with Crippen molar-refractivity contribution in [3.05, 3.63) is 35.6 Å². The fourth-order valence-electron chi connectivity index (χ4n) is 1.62. The van der Waals surface area contributed by atoms with E-state index in [4.69, 9.17) is 5.11 Å². The highest BCUT2D eigenvalue weighted by molar-refractivity contribution is 5.67. The number of benzene rings is 1. The number of halogens is 1. The minimum absolute atomic E-state index is 0.0746. The summed E-state index contributed by atoms with van der Waals surface area (Å²) in [5.74, 6) is -1.10. The number of carboxylic acid groups (broad SMARTS) is 1. The lowest BCUT2D eigenvalue weighted by molar-refractivity contribution is -0.137. The number of hydrogen-bond donors (Lipinski definition) is 2. The Morgan fingerprint density at radius 2 is 2.06 bits per heavy atom. The smallest absolute Gasteiger partial charge is 0.304 e. The first-order valence-corrected chi connectivity index (χ1v) is 5.31. The van der Waals surface area contributed by atoms with Crippen LogP contribution in [0.25, 0.3) is 0 Å². The molecular weight excluding hydrogens is 209 g/mol. The summed E-state index contributed by atoms with van der Waals surface area (Å²) in [6.45, 7) is 2.65. The summed E-state index contributed by atoms with van der Waals surface area (Å²) < 4.78 is 12.7. The molecular formula is C12H16FNO2. The van der Waals surface area contributed by atoms with Gasteiger partial charge in [-0.2, -0.15) is 0 Å². The zero-order chi connectivity index (χ0) is 12.0. The zero-order valence-electron chi connectivity index (χ0n) is 9.24. The van der Waals surface area contributed by atoms with Crippen LogP contribution in [0.15, 0.2) is 24.3 Å². The SMILES string of the molecule is CCNC(CC(=O)O)Cc1ccc(F)cc1. The van der Waals surface area contributed by atoms with E-state index in [9.17, 15) is 9.18 Å². The third-order valence-electron chi connectivity index (χ3n) is 2.31. The van der Waals surface area contributed by atoms with Gasteiger partial charge in [0.1, 0.15) is 5.82 Å². The number of carbonyl (C=O) groups is 1. The molecule has 0 fully saturated rings. The lowest BCUT2D eigenvalue weighted by atomic mass is 10.0. The molecule has 1 rings (SSSR count). The molecule has 0 spiro atoms. The fraction of sp³-hybridized carbons (Fsp3) is 0.417. The maximum atomic E-state index is 12.7. The van der Waals surface area contributed by atoms with Crippen LogP contribution < -0.4 is 5.32 Å². The average molecular weight is 225 g/mol. The summed E-state index contributed by atoms with van der Waals surface area (Å²) in [6, 6.07) is 6.04. The van der Waals surface area contributed by atoms with Crippen molar-refractivity contribution < 1.29 is 14.3 Å². The predicted octanol–water partition coefficient (Wildman–Crippen LogP) is 1.82. The van der Waals surface area contributed by atoms with E-state index in [1.54, 1.807) is 12.1 Å². The van der Waals surface area contributed by atoms with Crippen molar-refractivity contribution in [3.8, 4) is 0 Å². The highest BCUT2D eigenvalue weighted by Crippen LogP contribution is 2.07. The molecule has 1 aromatic carbocycles. The maximum Gasteiger partial charge on any atom is 0.304 e. The molecule has 0 amide bonds. The van der Waals surface area contributed by atoms with Crippen LogP contribution in [0.1, 0.15) is 18.9 Å². The maximum absolute atomic E-state index is 12.7. The van der Waals surface area contributed by atoms with Crippen LogP contribution in [-0.2, 0) is 11.2 Å². The minimum atomic E-state index is -0.826. The molecule has 1 atom stereocenters. The molecule has 88 valence electrons. The zero-order valence-corrected chi connectivity index (χ0v) is 9.24. The third-order valence-corrected chi connectivity index (χ3v) is 2.31. The van der Waals surface area contributed by atoms with Gasteiger partial charge in [-0.05, 0) is 30.7 Å². The Hall–Kier alpha value is -1.42. The van der Waals surface area contributed by atoms with Crippen molar-refractivity contribution in [2.24, 2.45) is 0 Å². The quantitative estimate of drug-likeness (QED) is 0.776. The van der Waals surface area contributed by atoms with Gasteiger partial charge in [-0.15, -0.1) is 0 Å². The van der Waals surface area contributed by atoms with E-state index in [1.807, 2.05) is 6.92 Å². The third kappa shape index (κ3) is 4.40. The summed E-state index contributed by atoms with van der Waals surface area (Å²) in [5, 5.41) is 11.8. The molecule has 0 aromatic heterocycles. The molecule has 16 heavy (non-hydrogen) atoms. The number of rotatable bonds is 6. The van der Waals surface area contributed by atoms with E-state index in [2.05, 4.69) is 5.32 Å². The molecule has 0 saturated heterocycles. The number of hydrogen-bond acceptors (Lipinski definition) is 2. The van der Waals surface area contributed by atoms with Crippen molar-refractivity contribution in [1.29, 1.82) is 0 Å². The second-order valence-corrected chi connectivity index (χ2v) is 3.68. The molecule has 4 heteroatoms. The van der Waals surface area contributed by atoms with Gasteiger partial charge in [0.25, 0.3) is 0 Å². The second kappa shape index (κ2) is 6.23. The standard InChI is InChI=1S/C12H16FNO2/c1-2-14-11(8-12(15)16)7-9-3-5-10(13)6-4-9/h3-6,11,14H,2,7-8H2,1H3,(H,15,16). The highest BCUT2D eigenvalue weighted by atomic mass is 19.1. The van der Waals surface area contributed by atoms with Crippen molar-refractivity contribution in [3.63, 3.8) is 0 Å². The van der Waals surface area contributed by atoms with Crippen molar-refractivity contribution in [2.45, 2.75) is 25.8 Å². The molecule has 1 unspecified atom stereocenters. The van der Waals surface area contributed by atoms with Crippen molar-refractivity contribution >= 4 is 5.97 Å². The summed E-state index contributed by atoms with van der Waals surface area (Å²) in [5.41, 5.74) is 0.939. The molecule has 0 aliphatic heterocycles. The van der Waals surface area contributed by atoms with Gasteiger partial charge >= 0.3 is 5.97 Å². The first-order chi connectivity index (χ1) is 7.61. The Kier molecular flexibility index (Phi) is 4.92. The number of likely N-dealkylation sites (N-methyl/N-ethyl adjacent to an activating group) is 1. The van der Waals surface area contributed by atoms with Gasteiger partial charge in [0.15, 0.2) is 0 Å². The monoisotopic (exact) mass is 225 g/mol. The molecule has 0 radical (unpaired) electrons. The van der Waals surface area contributed by atoms with Gasteiger partial charge in [0.05, 0.1) is 6.42 Å². The van der Waals surface area contributed by atoms with E-state index in [1.165, 1.54) is 12.1 Å².